The molecule has 0 radical (unpaired) electrons. The summed E-state index contributed by atoms with van der Waals surface area (Å²) < 4.78 is 0. The lowest BCUT2D eigenvalue weighted by atomic mass is 10.0. The molecule has 1 aliphatic heterocycles. The van der Waals surface area contributed by atoms with Crippen molar-refractivity contribution in [1.29, 1.82) is 0 Å². The molecule has 1 unspecified atom stereocenters. The average molecular weight is 391 g/mol. The lowest BCUT2D eigenvalue weighted by molar-refractivity contribution is 0.0951. The Bertz CT molecular complexity index is 787. The highest BCUT2D eigenvalue weighted by molar-refractivity contribution is 7.13. The number of thiazole rings is 1. The molecule has 27 heavy (non-hydrogen) atoms. The van der Waals surface area contributed by atoms with Crippen LogP contribution in [-0.2, 0) is 0 Å². The van der Waals surface area contributed by atoms with Gasteiger partial charge in [0, 0.05) is 44.6 Å². The van der Waals surface area contributed by atoms with Crippen LogP contribution < -0.4 is 10.2 Å². The number of carbonyl (C=O) groups excluding carboxylic acids is 1. The van der Waals surface area contributed by atoms with Gasteiger partial charge in [0.15, 0.2) is 5.13 Å². The van der Waals surface area contributed by atoms with Gasteiger partial charge in [0.2, 0.25) is 0 Å². The van der Waals surface area contributed by atoms with E-state index in [1.165, 1.54) is 6.07 Å². The first-order valence-electron chi connectivity index (χ1n) is 9.16. The number of phenols is 1. The highest BCUT2D eigenvalue weighted by atomic mass is 32.1. The Morgan fingerprint density at radius 2 is 2.07 bits per heavy atom. The predicted octanol–water partition coefficient (Wildman–Crippen LogP) is 1.76. The van der Waals surface area contributed by atoms with E-state index in [9.17, 15) is 15.0 Å². The number of amides is 1. The number of hydrogen-bond acceptors (Lipinski definition) is 7. The van der Waals surface area contributed by atoms with Gasteiger partial charge in [0.25, 0.3) is 5.91 Å². The van der Waals surface area contributed by atoms with Crippen LogP contribution in [0, 0.1) is 6.92 Å². The van der Waals surface area contributed by atoms with E-state index >= 15 is 0 Å². The van der Waals surface area contributed by atoms with E-state index in [0.29, 0.717) is 18.7 Å². The Kier molecular flexibility index (Phi) is 6.30. The lowest BCUT2D eigenvalue weighted by Crippen LogP contribution is -2.47. The number of piperazine rings is 1. The molecule has 1 aliphatic rings. The van der Waals surface area contributed by atoms with Crippen molar-refractivity contribution in [3.8, 4) is 5.75 Å². The summed E-state index contributed by atoms with van der Waals surface area (Å²) in [7, 11) is 0. The maximum atomic E-state index is 12.0. The topological polar surface area (TPSA) is 88.9 Å². The van der Waals surface area contributed by atoms with Crippen LogP contribution in [0.2, 0.25) is 0 Å². The van der Waals surface area contributed by atoms with E-state index in [1.54, 1.807) is 23.5 Å². The third kappa shape index (κ3) is 4.77. The molecule has 3 N–H and O–H groups in total. The van der Waals surface area contributed by atoms with Crippen LogP contribution in [0.3, 0.4) is 0 Å². The van der Waals surface area contributed by atoms with Crippen molar-refractivity contribution in [3.63, 3.8) is 0 Å². The molecule has 0 aliphatic carbocycles. The fourth-order valence-corrected chi connectivity index (χ4v) is 4.01. The average Bonchev–Trinajstić information content (AvgIpc) is 3.09. The van der Waals surface area contributed by atoms with Crippen molar-refractivity contribution in [2.24, 2.45) is 0 Å². The van der Waals surface area contributed by atoms with E-state index in [-0.39, 0.29) is 17.2 Å². The Labute approximate surface area is 163 Å². The minimum Gasteiger partial charge on any atom is -0.507 e. The molecule has 0 spiro atoms. The number of aromatic hydroxyl groups is 1. The van der Waals surface area contributed by atoms with Crippen LogP contribution in [0.15, 0.2) is 23.6 Å². The molecule has 1 atom stereocenters. The third-order valence-corrected chi connectivity index (χ3v) is 5.69. The summed E-state index contributed by atoms with van der Waals surface area (Å²) in [6, 6.07) is 4.70. The number of benzene rings is 1. The maximum absolute atomic E-state index is 12.0. The number of carbonyl (C=O) groups is 1. The summed E-state index contributed by atoms with van der Waals surface area (Å²) >= 11 is 1.66. The fourth-order valence-electron chi connectivity index (χ4n) is 3.16. The molecule has 3 rings (SSSR count). The molecule has 1 aromatic heterocycles. The number of rotatable bonds is 6. The molecule has 1 amide bonds. The number of anilines is 1. The molecular formula is C19H26N4O3S. The zero-order valence-corrected chi connectivity index (χ0v) is 16.5. The maximum Gasteiger partial charge on any atom is 0.255 e. The molecule has 146 valence electrons. The SMILES string of the molecule is CCNC(=O)c1cc(C(O)CN2CCN(c3nc(C)cs3)CC2)ccc1O. The normalized spacial score (nSPS) is 16.3. The van der Waals surface area contributed by atoms with Crippen molar-refractivity contribution >= 4 is 22.4 Å². The third-order valence-electron chi connectivity index (χ3n) is 4.67. The van der Waals surface area contributed by atoms with Crippen LogP contribution in [0.1, 0.15) is 34.6 Å². The minimum atomic E-state index is -0.715. The van der Waals surface area contributed by atoms with Gasteiger partial charge >= 0.3 is 0 Å². The van der Waals surface area contributed by atoms with E-state index in [4.69, 9.17) is 0 Å². The summed E-state index contributed by atoms with van der Waals surface area (Å²) in [5.74, 6) is -0.416. The number of nitrogens with one attached hydrogen (secondary N) is 1. The van der Waals surface area contributed by atoms with E-state index in [0.717, 1.165) is 37.0 Å². The van der Waals surface area contributed by atoms with Gasteiger partial charge in [0.05, 0.1) is 17.4 Å². The number of aliphatic hydroxyl groups excluding tert-OH is 1. The van der Waals surface area contributed by atoms with E-state index in [1.807, 2.05) is 13.8 Å². The quantitative estimate of drug-likeness (QED) is 0.697. The highest BCUT2D eigenvalue weighted by Crippen LogP contribution is 2.25. The number of phenolic OH excluding ortho intramolecular Hbond substituents is 1. The second-order valence-electron chi connectivity index (χ2n) is 6.71. The zero-order valence-electron chi connectivity index (χ0n) is 15.7. The molecule has 8 heteroatoms. The van der Waals surface area contributed by atoms with Crippen molar-refractivity contribution in [2.45, 2.75) is 20.0 Å². The Hall–Kier alpha value is -2.16. The van der Waals surface area contributed by atoms with Crippen LogP contribution in [0.4, 0.5) is 5.13 Å². The Morgan fingerprint density at radius 1 is 1.33 bits per heavy atom. The fraction of sp³-hybridized carbons (Fsp3) is 0.474. The first-order chi connectivity index (χ1) is 13.0. The summed E-state index contributed by atoms with van der Waals surface area (Å²) in [6.45, 7) is 8.23. The number of hydrogen-bond donors (Lipinski definition) is 3. The second kappa shape index (κ2) is 8.69. The van der Waals surface area contributed by atoms with Gasteiger partial charge in [-0.25, -0.2) is 4.98 Å². The van der Waals surface area contributed by atoms with E-state index in [2.05, 4.69) is 25.5 Å². The number of aromatic nitrogens is 1. The molecular weight excluding hydrogens is 364 g/mol. The molecule has 0 saturated carbocycles. The largest absolute Gasteiger partial charge is 0.507 e. The molecule has 0 bridgehead atoms. The summed E-state index contributed by atoms with van der Waals surface area (Å²) in [4.78, 5) is 21.0. The molecule has 1 fully saturated rings. The number of β-amino-alcohol motifs (C(OH)–C–C–N with tert-alkyl or cyclic N) is 1. The summed E-state index contributed by atoms with van der Waals surface area (Å²) in [5, 5.41) is 26.3. The van der Waals surface area contributed by atoms with Crippen LogP contribution >= 0.6 is 11.3 Å². The van der Waals surface area contributed by atoms with Gasteiger partial charge in [-0.2, -0.15) is 0 Å². The molecule has 1 aromatic carbocycles. The predicted molar refractivity (Wildman–Crippen MR) is 107 cm³/mol. The van der Waals surface area contributed by atoms with Crippen molar-refractivity contribution in [1.82, 2.24) is 15.2 Å². The molecule has 1 saturated heterocycles. The van der Waals surface area contributed by atoms with Crippen LogP contribution in [0.25, 0.3) is 0 Å². The molecule has 2 heterocycles. The van der Waals surface area contributed by atoms with Gasteiger partial charge in [-0.3, -0.25) is 9.69 Å². The Morgan fingerprint density at radius 3 is 2.70 bits per heavy atom. The minimum absolute atomic E-state index is 0.0794. The standard InChI is InChI=1S/C19H26N4O3S/c1-3-20-18(26)15-10-14(4-5-16(15)24)17(25)11-22-6-8-23(9-7-22)19-21-13(2)12-27-19/h4-5,10,12,17,24-25H,3,6-9,11H2,1-2H3,(H,20,26). The first kappa shape index (κ1) is 19.6. The number of aliphatic hydroxyl groups is 1. The van der Waals surface area contributed by atoms with E-state index < -0.39 is 6.10 Å². The van der Waals surface area contributed by atoms with Crippen molar-refractivity contribution < 1.29 is 15.0 Å². The van der Waals surface area contributed by atoms with Gasteiger partial charge in [-0.05, 0) is 31.5 Å². The van der Waals surface area contributed by atoms with Gasteiger partial charge < -0.3 is 20.4 Å². The molecule has 2 aromatic rings. The summed E-state index contributed by atoms with van der Waals surface area (Å²) in [5.41, 5.74) is 1.87. The van der Waals surface area contributed by atoms with Gasteiger partial charge in [0.1, 0.15) is 5.75 Å². The monoisotopic (exact) mass is 390 g/mol. The molecule has 7 nitrogen and oxygen atoms in total. The van der Waals surface area contributed by atoms with Gasteiger partial charge in [-0.15, -0.1) is 11.3 Å². The zero-order chi connectivity index (χ0) is 19.4. The van der Waals surface area contributed by atoms with Crippen molar-refractivity contribution in [2.75, 3.05) is 44.2 Å². The smallest absolute Gasteiger partial charge is 0.255 e. The van der Waals surface area contributed by atoms with Crippen molar-refractivity contribution in [3.05, 3.63) is 40.4 Å². The lowest BCUT2D eigenvalue weighted by Gasteiger charge is -2.35. The van der Waals surface area contributed by atoms with Gasteiger partial charge in [-0.1, -0.05) is 6.07 Å². The number of nitrogens with zero attached hydrogens (tertiary/aromatic N) is 3. The van der Waals surface area contributed by atoms with Crippen LogP contribution in [-0.4, -0.2) is 65.3 Å². The number of aryl methyl sites for hydroxylation is 1. The highest BCUT2D eigenvalue weighted by Gasteiger charge is 2.22. The summed E-state index contributed by atoms with van der Waals surface area (Å²) in [6.07, 6.45) is -0.715. The second-order valence-corrected chi connectivity index (χ2v) is 7.55. The first-order valence-corrected chi connectivity index (χ1v) is 10.0. The van der Waals surface area contributed by atoms with Crippen LogP contribution in [0.5, 0.6) is 5.75 Å². The Balaban J connectivity index is 1.59.